The van der Waals surface area contributed by atoms with E-state index in [1.807, 2.05) is 0 Å². The summed E-state index contributed by atoms with van der Waals surface area (Å²) in [5, 5.41) is 8.52. The highest BCUT2D eigenvalue weighted by Crippen LogP contribution is 2.19. The second kappa shape index (κ2) is 5.96. The van der Waals surface area contributed by atoms with E-state index in [9.17, 15) is 12.8 Å². The summed E-state index contributed by atoms with van der Waals surface area (Å²) in [5.41, 5.74) is 0.319. The molecular weight excluding hydrogens is 257 g/mol. The van der Waals surface area contributed by atoms with Gasteiger partial charge in [-0.05, 0) is 18.2 Å². The first kappa shape index (κ1) is 14.6. The third-order valence-electron chi connectivity index (χ3n) is 2.38. The van der Waals surface area contributed by atoms with E-state index in [0.29, 0.717) is 5.56 Å². The Hall–Kier alpha value is -1.42. The lowest BCUT2D eigenvalue weighted by Crippen LogP contribution is -2.27. The maximum atomic E-state index is 13.7. The molecule has 0 bridgehead atoms. The summed E-state index contributed by atoms with van der Waals surface area (Å²) in [6.07, 6.45) is 0. The standard InChI is InChI=1S/C12H14FNO3S/c1-3-14(2)18(16,17)12-7-6-10(5-4-8-15)9-11(12)13/h6-7,9,15H,3,8H2,1-2H3. The molecule has 0 heterocycles. The molecule has 0 saturated heterocycles. The van der Waals surface area contributed by atoms with Gasteiger partial charge >= 0.3 is 0 Å². The van der Waals surface area contributed by atoms with Crippen LogP contribution >= 0.6 is 0 Å². The Labute approximate surface area is 106 Å². The molecule has 1 aromatic rings. The molecule has 0 aliphatic heterocycles. The summed E-state index contributed by atoms with van der Waals surface area (Å²) in [7, 11) is -2.41. The average molecular weight is 271 g/mol. The van der Waals surface area contributed by atoms with Gasteiger partial charge in [-0.15, -0.1) is 0 Å². The zero-order chi connectivity index (χ0) is 13.8. The SMILES string of the molecule is CCN(C)S(=O)(=O)c1ccc(C#CCO)cc1F. The van der Waals surface area contributed by atoms with Crippen LogP contribution in [0, 0.1) is 17.7 Å². The molecule has 18 heavy (non-hydrogen) atoms. The van der Waals surface area contributed by atoms with Gasteiger partial charge in [-0.3, -0.25) is 0 Å². The molecular formula is C12H14FNO3S. The first-order valence-corrected chi connectivity index (χ1v) is 6.73. The number of hydrogen-bond donors (Lipinski definition) is 1. The Morgan fingerprint density at radius 3 is 2.61 bits per heavy atom. The zero-order valence-corrected chi connectivity index (χ0v) is 11.0. The molecule has 1 N–H and O–H groups in total. The van der Waals surface area contributed by atoms with E-state index in [4.69, 9.17) is 5.11 Å². The number of aliphatic hydroxyl groups excluding tert-OH is 1. The third-order valence-corrected chi connectivity index (χ3v) is 4.34. The molecule has 0 spiro atoms. The van der Waals surface area contributed by atoms with Gasteiger partial charge < -0.3 is 5.11 Å². The highest BCUT2D eigenvalue weighted by atomic mass is 32.2. The number of nitrogens with zero attached hydrogens (tertiary/aromatic N) is 1. The van der Waals surface area contributed by atoms with Gasteiger partial charge in [0.15, 0.2) is 0 Å². The Bertz CT molecular complexity index is 587. The first-order valence-electron chi connectivity index (χ1n) is 5.29. The molecule has 4 nitrogen and oxygen atoms in total. The van der Waals surface area contributed by atoms with E-state index >= 15 is 0 Å². The van der Waals surface area contributed by atoms with Crippen LogP contribution in [-0.4, -0.2) is 38.0 Å². The van der Waals surface area contributed by atoms with Crippen molar-refractivity contribution < 1.29 is 17.9 Å². The van der Waals surface area contributed by atoms with Crippen molar-refractivity contribution in [2.75, 3.05) is 20.2 Å². The van der Waals surface area contributed by atoms with Crippen molar-refractivity contribution >= 4 is 10.0 Å². The smallest absolute Gasteiger partial charge is 0.245 e. The monoisotopic (exact) mass is 271 g/mol. The molecule has 0 atom stereocenters. The van der Waals surface area contributed by atoms with E-state index < -0.39 is 15.8 Å². The van der Waals surface area contributed by atoms with Gasteiger partial charge in [0.2, 0.25) is 10.0 Å². The average Bonchev–Trinajstić information content (AvgIpc) is 2.34. The van der Waals surface area contributed by atoms with Crippen molar-refractivity contribution in [3.8, 4) is 11.8 Å². The minimum atomic E-state index is -3.80. The lowest BCUT2D eigenvalue weighted by Gasteiger charge is -2.15. The number of halogens is 1. The van der Waals surface area contributed by atoms with Crippen LogP contribution in [0.2, 0.25) is 0 Å². The number of benzene rings is 1. The van der Waals surface area contributed by atoms with Crippen LogP contribution in [0.5, 0.6) is 0 Å². The topological polar surface area (TPSA) is 57.6 Å². The Balaban J connectivity index is 3.22. The quantitative estimate of drug-likeness (QED) is 0.828. The molecule has 0 fully saturated rings. The van der Waals surface area contributed by atoms with Gasteiger partial charge in [0, 0.05) is 19.2 Å². The summed E-state index contributed by atoms with van der Waals surface area (Å²) in [6, 6.07) is 3.62. The minimum absolute atomic E-state index is 0.258. The first-order chi connectivity index (χ1) is 8.43. The van der Waals surface area contributed by atoms with Crippen LogP contribution < -0.4 is 0 Å². The Morgan fingerprint density at radius 2 is 2.11 bits per heavy atom. The molecule has 0 radical (unpaired) electrons. The summed E-state index contributed by atoms with van der Waals surface area (Å²) in [6.45, 7) is 1.59. The fourth-order valence-electron chi connectivity index (χ4n) is 1.27. The molecule has 0 aromatic heterocycles. The predicted molar refractivity (Wildman–Crippen MR) is 65.9 cm³/mol. The van der Waals surface area contributed by atoms with Crippen molar-refractivity contribution in [1.82, 2.24) is 4.31 Å². The largest absolute Gasteiger partial charge is 0.384 e. The van der Waals surface area contributed by atoms with Crippen LogP contribution in [0.25, 0.3) is 0 Å². The van der Waals surface area contributed by atoms with Crippen LogP contribution in [-0.2, 0) is 10.0 Å². The molecule has 1 aromatic carbocycles. The lowest BCUT2D eigenvalue weighted by molar-refractivity contribution is 0.350. The van der Waals surface area contributed by atoms with Gasteiger partial charge in [0.1, 0.15) is 17.3 Å². The molecule has 1 rings (SSSR count). The van der Waals surface area contributed by atoms with E-state index in [1.165, 1.54) is 19.2 Å². The second-order valence-electron chi connectivity index (χ2n) is 3.52. The van der Waals surface area contributed by atoms with Crippen molar-refractivity contribution in [3.05, 3.63) is 29.6 Å². The summed E-state index contributed by atoms with van der Waals surface area (Å²) >= 11 is 0. The van der Waals surface area contributed by atoms with Crippen LogP contribution in [0.1, 0.15) is 12.5 Å². The van der Waals surface area contributed by atoms with Crippen molar-refractivity contribution in [2.45, 2.75) is 11.8 Å². The van der Waals surface area contributed by atoms with E-state index in [1.54, 1.807) is 6.92 Å². The van der Waals surface area contributed by atoms with E-state index in [-0.39, 0.29) is 18.0 Å². The van der Waals surface area contributed by atoms with Crippen LogP contribution in [0.3, 0.4) is 0 Å². The van der Waals surface area contributed by atoms with Crippen LogP contribution in [0.4, 0.5) is 4.39 Å². The molecule has 0 saturated carbocycles. The number of rotatable bonds is 3. The summed E-state index contributed by atoms with van der Waals surface area (Å²) in [4.78, 5) is -0.374. The third kappa shape index (κ3) is 3.07. The highest BCUT2D eigenvalue weighted by molar-refractivity contribution is 7.89. The van der Waals surface area contributed by atoms with Gasteiger partial charge in [-0.1, -0.05) is 18.8 Å². The normalized spacial score (nSPS) is 11.2. The molecule has 0 aliphatic carbocycles. The van der Waals surface area contributed by atoms with E-state index in [0.717, 1.165) is 10.4 Å². The highest BCUT2D eigenvalue weighted by Gasteiger charge is 2.23. The Kier molecular flexibility index (Phi) is 4.84. The second-order valence-corrected chi connectivity index (χ2v) is 5.54. The minimum Gasteiger partial charge on any atom is -0.384 e. The lowest BCUT2D eigenvalue weighted by atomic mass is 10.2. The maximum Gasteiger partial charge on any atom is 0.245 e. The van der Waals surface area contributed by atoms with Gasteiger partial charge in [-0.25, -0.2) is 17.1 Å². The number of sulfonamides is 1. The van der Waals surface area contributed by atoms with E-state index in [2.05, 4.69) is 11.8 Å². The summed E-state index contributed by atoms with van der Waals surface area (Å²) < 4.78 is 38.6. The molecule has 6 heteroatoms. The van der Waals surface area contributed by atoms with Crippen molar-refractivity contribution in [3.63, 3.8) is 0 Å². The maximum absolute atomic E-state index is 13.7. The fraction of sp³-hybridized carbons (Fsp3) is 0.333. The molecule has 0 unspecified atom stereocenters. The molecule has 0 amide bonds. The van der Waals surface area contributed by atoms with Crippen molar-refractivity contribution in [1.29, 1.82) is 0 Å². The predicted octanol–water partition coefficient (Wildman–Crippen LogP) is 0.810. The molecule has 0 aliphatic rings. The summed E-state index contributed by atoms with van der Waals surface area (Å²) in [5.74, 6) is 4.02. The van der Waals surface area contributed by atoms with Gasteiger partial charge in [-0.2, -0.15) is 0 Å². The number of hydrogen-bond acceptors (Lipinski definition) is 3. The Morgan fingerprint density at radius 1 is 1.44 bits per heavy atom. The van der Waals surface area contributed by atoms with Gasteiger partial charge in [0.05, 0.1) is 0 Å². The van der Waals surface area contributed by atoms with Crippen LogP contribution in [0.15, 0.2) is 23.1 Å². The van der Waals surface area contributed by atoms with Crippen molar-refractivity contribution in [2.24, 2.45) is 0 Å². The number of aliphatic hydroxyl groups is 1. The molecule has 98 valence electrons. The zero-order valence-electron chi connectivity index (χ0n) is 10.1. The fourth-order valence-corrected chi connectivity index (χ4v) is 2.49. The van der Waals surface area contributed by atoms with Gasteiger partial charge in [0.25, 0.3) is 0 Å².